The molecule has 4 aromatic rings. The van der Waals surface area contributed by atoms with E-state index in [0.29, 0.717) is 0 Å². The molecule has 1 saturated heterocycles. The molecule has 2 aromatic heterocycles. The van der Waals surface area contributed by atoms with Crippen LogP contribution in [0.25, 0.3) is 22.1 Å². The van der Waals surface area contributed by atoms with E-state index in [-0.39, 0.29) is 28.2 Å². The van der Waals surface area contributed by atoms with Crippen LogP contribution in [0, 0.1) is 5.41 Å². The first-order valence-corrected chi connectivity index (χ1v) is 12.3. The van der Waals surface area contributed by atoms with Crippen LogP contribution in [-0.2, 0) is 17.3 Å². The maximum atomic E-state index is 13.8. The standard InChI is InChI=1S/C28H33N5O/c1-26(2,3)25-31-21-12-17-13-23-27(4,5)28(6,18(17)14-22(21)32-25)9-10-33(23)24(34)16-7-8-19-20(11-16)30-15-29-19/h7-8,11-12,14-15,23H,9-10,13H2,1-6H3,(H,29,30)(H,31,32)/t23-,28+/m1/s1. The zero-order valence-electron chi connectivity index (χ0n) is 20.9. The van der Waals surface area contributed by atoms with Gasteiger partial charge < -0.3 is 14.9 Å². The minimum atomic E-state index is -0.0629. The van der Waals surface area contributed by atoms with Gasteiger partial charge in [0.1, 0.15) is 5.82 Å². The summed E-state index contributed by atoms with van der Waals surface area (Å²) in [6.45, 7) is 14.4. The molecule has 176 valence electrons. The fourth-order valence-corrected chi connectivity index (χ4v) is 6.25. The van der Waals surface area contributed by atoms with Crippen LogP contribution >= 0.6 is 0 Å². The van der Waals surface area contributed by atoms with Crippen molar-refractivity contribution in [3.05, 3.63) is 59.2 Å². The van der Waals surface area contributed by atoms with Gasteiger partial charge in [-0.05, 0) is 59.7 Å². The Morgan fingerprint density at radius 2 is 1.88 bits per heavy atom. The number of nitrogens with zero attached hydrogens (tertiary/aromatic N) is 3. The first kappa shape index (κ1) is 21.4. The SMILES string of the molecule is CC(C)(C)c1nc2cc3c(cc2[nH]1)[C@]1(C)CCN(C(=O)c2ccc4nc[nH]c4c2)[C@H](C3)C1(C)C. The summed E-state index contributed by atoms with van der Waals surface area (Å²) in [5.41, 5.74) is 7.27. The van der Waals surface area contributed by atoms with E-state index in [2.05, 4.69) is 73.5 Å². The fourth-order valence-electron chi connectivity index (χ4n) is 6.25. The first-order chi connectivity index (χ1) is 16.0. The number of amides is 1. The molecule has 1 aliphatic heterocycles. The number of benzene rings is 2. The van der Waals surface area contributed by atoms with Gasteiger partial charge in [0.2, 0.25) is 0 Å². The van der Waals surface area contributed by atoms with Crippen molar-refractivity contribution in [1.29, 1.82) is 0 Å². The van der Waals surface area contributed by atoms with Crippen molar-refractivity contribution in [2.24, 2.45) is 5.41 Å². The van der Waals surface area contributed by atoms with Crippen LogP contribution in [0.1, 0.15) is 75.3 Å². The molecule has 0 unspecified atom stereocenters. The quantitative estimate of drug-likeness (QED) is 0.398. The number of H-pyrrole nitrogens is 2. The number of hydrogen-bond acceptors (Lipinski definition) is 3. The fraction of sp³-hybridized carbons (Fsp3) is 0.464. The van der Waals surface area contributed by atoms with Gasteiger partial charge in [-0.1, -0.05) is 41.5 Å². The Balaban J connectivity index is 1.43. The Labute approximate surface area is 200 Å². The molecule has 2 atom stereocenters. The molecule has 2 bridgehead atoms. The van der Waals surface area contributed by atoms with Gasteiger partial charge >= 0.3 is 0 Å². The number of aromatic nitrogens is 4. The minimum Gasteiger partial charge on any atom is -0.345 e. The van der Waals surface area contributed by atoms with Crippen LogP contribution in [0.15, 0.2) is 36.7 Å². The molecular formula is C28H33N5O. The lowest BCUT2D eigenvalue weighted by Crippen LogP contribution is -2.64. The highest BCUT2D eigenvalue weighted by Crippen LogP contribution is 2.56. The van der Waals surface area contributed by atoms with Gasteiger partial charge in [-0.2, -0.15) is 0 Å². The Morgan fingerprint density at radius 3 is 2.65 bits per heavy atom. The molecule has 3 heterocycles. The third-order valence-corrected chi connectivity index (χ3v) is 8.84. The van der Waals surface area contributed by atoms with Crippen LogP contribution in [-0.4, -0.2) is 43.3 Å². The summed E-state index contributed by atoms with van der Waals surface area (Å²) in [4.78, 5) is 31.8. The number of aromatic amines is 2. The van der Waals surface area contributed by atoms with Gasteiger partial charge in [-0.3, -0.25) is 4.79 Å². The van der Waals surface area contributed by atoms with Crippen molar-refractivity contribution in [3.63, 3.8) is 0 Å². The van der Waals surface area contributed by atoms with Crippen molar-refractivity contribution >= 4 is 28.0 Å². The topological polar surface area (TPSA) is 77.7 Å². The Kier molecular flexibility index (Phi) is 4.22. The number of likely N-dealkylation sites (tertiary alicyclic amines) is 1. The summed E-state index contributed by atoms with van der Waals surface area (Å²) in [6, 6.07) is 10.5. The van der Waals surface area contributed by atoms with Gasteiger partial charge in [-0.25, -0.2) is 9.97 Å². The summed E-state index contributed by atoms with van der Waals surface area (Å²) >= 11 is 0. The Bertz CT molecular complexity index is 1450. The number of piperidine rings is 1. The number of nitrogens with one attached hydrogen (secondary N) is 2. The van der Waals surface area contributed by atoms with Crippen LogP contribution in [0.5, 0.6) is 0 Å². The molecule has 6 rings (SSSR count). The van der Waals surface area contributed by atoms with Crippen LogP contribution in [0.2, 0.25) is 0 Å². The largest absolute Gasteiger partial charge is 0.345 e. The molecule has 1 fully saturated rings. The molecule has 2 N–H and O–H groups in total. The molecule has 1 aliphatic carbocycles. The minimum absolute atomic E-state index is 0.0173. The van der Waals surface area contributed by atoms with E-state index in [9.17, 15) is 4.79 Å². The molecule has 2 aromatic carbocycles. The van der Waals surface area contributed by atoms with E-state index in [0.717, 1.165) is 52.8 Å². The molecule has 0 spiro atoms. The summed E-state index contributed by atoms with van der Waals surface area (Å²) in [7, 11) is 0. The van der Waals surface area contributed by atoms with E-state index in [1.165, 1.54) is 11.1 Å². The van der Waals surface area contributed by atoms with E-state index < -0.39 is 0 Å². The van der Waals surface area contributed by atoms with Crippen LogP contribution in [0.4, 0.5) is 0 Å². The molecule has 1 amide bonds. The molecule has 2 aliphatic rings. The van der Waals surface area contributed by atoms with E-state index >= 15 is 0 Å². The highest BCUT2D eigenvalue weighted by molar-refractivity contribution is 5.97. The third-order valence-electron chi connectivity index (χ3n) is 8.84. The van der Waals surface area contributed by atoms with Crippen LogP contribution < -0.4 is 0 Å². The lowest BCUT2D eigenvalue weighted by molar-refractivity contribution is -0.0261. The molecule has 34 heavy (non-hydrogen) atoms. The van der Waals surface area contributed by atoms with Gasteiger partial charge in [-0.15, -0.1) is 0 Å². The third kappa shape index (κ3) is 2.83. The van der Waals surface area contributed by atoms with Gasteiger partial charge in [0.25, 0.3) is 5.91 Å². The second-order valence-corrected chi connectivity index (χ2v) is 12.0. The number of fused-ring (bicyclic) bond motifs is 6. The van der Waals surface area contributed by atoms with Crippen molar-refractivity contribution in [3.8, 4) is 0 Å². The average molecular weight is 456 g/mol. The lowest BCUT2D eigenvalue weighted by Gasteiger charge is -2.60. The molecule has 6 heteroatoms. The van der Waals surface area contributed by atoms with Crippen molar-refractivity contribution in [1.82, 2.24) is 24.8 Å². The first-order valence-electron chi connectivity index (χ1n) is 12.3. The second kappa shape index (κ2) is 6.71. The average Bonchev–Trinajstić information content (AvgIpc) is 3.41. The molecule has 0 radical (unpaired) electrons. The second-order valence-electron chi connectivity index (χ2n) is 12.0. The maximum absolute atomic E-state index is 13.8. The van der Waals surface area contributed by atoms with Crippen molar-refractivity contribution in [2.45, 2.75) is 71.3 Å². The van der Waals surface area contributed by atoms with Gasteiger partial charge in [0.05, 0.1) is 28.4 Å². The van der Waals surface area contributed by atoms with Crippen molar-refractivity contribution in [2.75, 3.05) is 6.54 Å². The summed E-state index contributed by atoms with van der Waals surface area (Å²) in [6.07, 6.45) is 3.46. The summed E-state index contributed by atoms with van der Waals surface area (Å²) in [5.74, 6) is 1.12. The number of carbonyl (C=O) groups is 1. The summed E-state index contributed by atoms with van der Waals surface area (Å²) in [5, 5.41) is 0. The normalized spacial score (nSPS) is 23.9. The van der Waals surface area contributed by atoms with Crippen LogP contribution in [0.3, 0.4) is 0 Å². The smallest absolute Gasteiger partial charge is 0.254 e. The molecular weight excluding hydrogens is 422 g/mol. The van der Waals surface area contributed by atoms with Crippen molar-refractivity contribution < 1.29 is 4.79 Å². The molecule has 0 saturated carbocycles. The molecule has 6 nitrogen and oxygen atoms in total. The van der Waals surface area contributed by atoms with Gasteiger partial charge in [0, 0.05) is 29.0 Å². The van der Waals surface area contributed by atoms with E-state index in [1.54, 1.807) is 6.33 Å². The predicted molar refractivity (Wildman–Crippen MR) is 135 cm³/mol. The predicted octanol–water partition coefficient (Wildman–Crippen LogP) is 5.49. The number of imidazole rings is 2. The number of carbonyl (C=O) groups excluding carboxylic acids is 1. The highest BCUT2D eigenvalue weighted by Gasteiger charge is 2.57. The Morgan fingerprint density at radius 1 is 1.09 bits per heavy atom. The van der Waals surface area contributed by atoms with E-state index in [4.69, 9.17) is 4.98 Å². The van der Waals surface area contributed by atoms with Gasteiger partial charge in [0.15, 0.2) is 0 Å². The maximum Gasteiger partial charge on any atom is 0.254 e. The lowest BCUT2D eigenvalue weighted by atomic mass is 9.51. The zero-order valence-corrected chi connectivity index (χ0v) is 20.9. The zero-order chi connectivity index (χ0) is 24.0. The highest BCUT2D eigenvalue weighted by atomic mass is 16.2. The monoisotopic (exact) mass is 455 g/mol. The van der Waals surface area contributed by atoms with E-state index in [1.807, 2.05) is 18.2 Å². The summed E-state index contributed by atoms with van der Waals surface area (Å²) < 4.78 is 0. The number of hydrogen-bond donors (Lipinski definition) is 2. The number of rotatable bonds is 1. The Hall–Kier alpha value is -3.15.